The molecule has 0 saturated heterocycles. The van der Waals surface area contributed by atoms with Gasteiger partial charge in [-0.1, -0.05) is 12.8 Å². The maximum absolute atomic E-state index is 12.0. The Kier molecular flexibility index (Phi) is 3.55. The number of rotatable bonds is 3. The first-order chi connectivity index (χ1) is 9.33. The highest BCUT2D eigenvalue weighted by Gasteiger charge is 2.23. The van der Waals surface area contributed by atoms with Crippen LogP contribution < -0.4 is 5.32 Å². The molecule has 1 aliphatic rings. The molecule has 0 aromatic carbocycles. The highest BCUT2D eigenvalue weighted by molar-refractivity contribution is 7.14. The normalized spacial score (nSPS) is 15.6. The lowest BCUT2D eigenvalue weighted by Crippen LogP contribution is -2.20. The van der Waals surface area contributed by atoms with Crippen molar-refractivity contribution in [3.63, 3.8) is 0 Å². The van der Waals surface area contributed by atoms with Crippen molar-refractivity contribution in [2.45, 2.75) is 25.7 Å². The fraction of sp³-hybridized carbons (Fsp3) is 0.357. The van der Waals surface area contributed by atoms with Crippen LogP contribution in [0.15, 0.2) is 29.9 Å². The summed E-state index contributed by atoms with van der Waals surface area (Å²) < 4.78 is 0. The second kappa shape index (κ2) is 5.48. The molecule has 4 nitrogen and oxygen atoms in total. The minimum absolute atomic E-state index is 0.119. The number of nitrogens with zero attached hydrogens (tertiary/aromatic N) is 2. The fourth-order valence-corrected chi connectivity index (χ4v) is 3.10. The maximum atomic E-state index is 12.0. The van der Waals surface area contributed by atoms with E-state index in [-0.39, 0.29) is 11.8 Å². The summed E-state index contributed by atoms with van der Waals surface area (Å²) in [6.45, 7) is 0. The van der Waals surface area contributed by atoms with Crippen molar-refractivity contribution in [3.05, 3.63) is 29.9 Å². The average molecular weight is 273 g/mol. The largest absolute Gasteiger partial charge is 0.302 e. The number of hydrogen-bond acceptors (Lipinski definition) is 4. The number of carbonyl (C=O) groups is 1. The minimum Gasteiger partial charge on any atom is -0.302 e. The number of nitrogens with one attached hydrogen (secondary N) is 1. The van der Waals surface area contributed by atoms with Gasteiger partial charge in [-0.15, -0.1) is 11.3 Å². The topological polar surface area (TPSA) is 54.9 Å². The zero-order valence-corrected chi connectivity index (χ0v) is 11.3. The zero-order chi connectivity index (χ0) is 13.1. The molecular weight excluding hydrogens is 258 g/mol. The molecule has 0 bridgehead atoms. The molecule has 1 N–H and O–H groups in total. The lowest BCUT2D eigenvalue weighted by atomic mass is 10.1. The van der Waals surface area contributed by atoms with Crippen molar-refractivity contribution >= 4 is 22.4 Å². The van der Waals surface area contributed by atoms with E-state index in [4.69, 9.17) is 0 Å². The van der Waals surface area contributed by atoms with Gasteiger partial charge in [0.2, 0.25) is 5.91 Å². The Morgan fingerprint density at radius 1 is 1.26 bits per heavy atom. The molecule has 1 saturated carbocycles. The standard InChI is InChI=1S/C14H15N3OS/c18-13(11-3-1-2-4-11)17-14-16-12(9-19-14)10-5-7-15-8-6-10/h5-9,11H,1-4H2,(H,16,17,18). The number of thiazole rings is 1. The van der Waals surface area contributed by atoms with Gasteiger partial charge in [-0.05, 0) is 25.0 Å². The third-order valence-corrected chi connectivity index (χ3v) is 4.19. The van der Waals surface area contributed by atoms with E-state index in [2.05, 4.69) is 15.3 Å². The predicted molar refractivity (Wildman–Crippen MR) is 75.9 cm³/mol. The number of amides is 1. The van der Waals surface area contributed by atoms with E-state index < -0.39 is 0 Å². The summed E-state index contributed by atoms with van der Waals surface area (Å²) in [6, 6.07) is 3.83. The lowest BCUT2D eigenvalue weighted by Gasteiger charge is -2.07. The van der Waals surface area contributed by atoms with Gasteiger partial charge in [-0.25, -0.2) is 4.98 Å². The van der Waals surface area contributed by atoms with Gasteiger partial charge >= 0.3 is 0 Å². The first-order valence-electron chi connectivity index (χ1n) is 6.50. The zero-order valence-electron chi connectivity index (χ0n) is 10.5. The van der Waals surface area contributed by atoms with Crippen molar-refractivity contribution in [2.75, 3.05) is 5.32 Å². The summed E-state index contributed by atoms with van der Waals surface area (Å²) in [7, 11) is 0. The second-order valence-electron chi connectivity index (χ2n) is 4.74. The Hall–Kier alpha value is -1.75. The van der Waals surface area contributed by atoms with E-state index in [9.17, 15) is 4.79 Å². The van der Waals surface area contributed by atoms with Gasteiger partial charge in [-0.3, -0.25) is 9.78 Å². The molecule has 1 fully saturated rings. The van der Waals surface area contributed by atoms with Crippen LogP contribution in [0, 0.1) is 5.92 Å². The highest BCUT2D eigenvalue weighted by Crippen LogP contribution is 2.28. The van der Waals surface area contributed by atoms with Crippen molar-refractivity contribution in [1.29, 1.82) is 0 Å². The van der Waals surface area contributed by atoms with Crippen molar-refractivity contribution in [3.8, 4) is 11.3 Å². The number of pyridine rings is 1. The second-order valence-corrected chi connectivity index (χ2v) is 5.60. The summed E-state index contributed by atoms with van der Waals surface area (Å²) in [5.41, 5.74) is 1.90. The molecule has 0 atom stereocenters. The molecule has 19 heavy (non-hydrogen) atoms. The maximum Gasteiger partial charge on any atom is 0.229 e. The molecular formula is C14H15N3OS. The van der Waals surface area contributed by atoms with E-state index in [0.29, 0.717) is 5.13 Å². The van der Waals surface area contributed by atoms with Crippen molar-refractivity contribution in [2.24, 2.45) is 5.92 Å². The molecule has 0 unspecified atom stereocenters. The van der Waals surface area contributed by atoms with E-state index in [1.165, 1.54) is 11.3 Å². The third-order valence-electron chi connectivity index (χ3n) is 3.44. The lowest BCUT2D eigenvalue weighted by molar-refractivity contribution is -0.119. The van der Waals surface area contributed by atoms with E-state index in [1.54, 1.807) is 12.4 Å². The van der Waals surface area contributed by atoms with Crippen LogP contribution in [0.1, 0.15) is 25.7 Å². The summed E-state index contributed by atoms with van der Waals surface area (Å²) in [6.07, 6.45) is 7.83. The Morgan fingerprint density at radius 3 is 2.74 bits per heavy atom. The molecule has 0 radical (unpaired) electrons. The first kappa shape index (κ1) is 12.3. The minimum atomic E-state index is 0.119. The SMILES string of the molecule is O=C(Nc1nc(-c2ccncc2)cs1)C1CCCC1. The van der Waals surface area contributed by atoms with Crippen LogP contribution in [0.5, 0.6) is 0 Å². The van der Waals surface area contributed by atoms with Crippen LogP contribution in [0.25, 0.3) is 11.3 Å². The van der Waals surface area contributed by atoms with Gasteiger partial charge in [0.15, 0.2) is 5.13 Å². The first-order valence-corrected chi connectivity index (χ1v) is 7.38. The van der Waals surface area contributed by atoms with Crippen LogP contribution in [-0.4, -0.2) is 15.9 Å². The fourth-order valence-electron chi connectivity index (χ4n) is 2.38. The van der Waals surface area contributed by atoms with E-state index in [1.807, 2.05) is 17.5 Å². The Morgan fingerprint density at radius 2 is 2.00 bits per heavy atom. The predicted octanol–water partition coefficient (Wildman–Crippen LogP) is 3.33. The van der Waals surface area contributed by atoms with Crippen LogP contribution >= 0.6 is 11.3 Å². The smallest absolute Gasteiger partial charge is 0.229 e. The van der Waals surface area contributed by atoms with Crippen molar-refractivity contribution < 1.29 is 4.79 Å². The molecule has 5 heteroatoms. The molecule has 0 aliphatic heterocycles. The van der Waals surface area contributed by atoms with Gasteiger partial charge in [-0.2, -0.15) is 0 Å². The van der Waals surface area contributed by atoms with Crippen LogP contribution in [0.4, 0.5) is 5.13 Å². The molecule has 98 valence electrons. The molecule has 2 aromatic rings. The Balaban J connectivity index is 1.70. The summed E-state index contributed by atoms with van der Waals surface area (Å²) in [4.78, 5) is 20.4. The van der Waals surface area contributed by atoms with Crippen LogP contribution in [0.2, 0.25) is 0 Å². The molecule has 1 aliphatic carbocycles. The molecule has 3 rings (SSSR count). The van der Waals surface area contributed by atoms with Gasteiger partial charge in [0.25, 0.3) is 0 Å². The van der Waals surface area contributed by atoms with Crippen molar-refractivity contribution in [1.82, 2.24) is 9.97 Å². The van der Waals surface area contributed by atoms with Gasteiger partial charge in [0, 0.05) is 29.3 Å². The Bertz CT molecular complexity index is 561. The Labute approximate surface area is 115 Å². The van der Waals surface area contributed by atoms with Gasteiger partial charge in [0.1, 0.15) is 0 Å². The van der Waals surface area contributed by atoms with Crippen LogP contribution in [-0.2, 0) is 4.79 Å². The quantitative estimate of drug-likeness (QED) is 0.933. The monoisotopic (exact) mass is 273 g/mol. The average Bonchev–Trinajstić information content (AvgIpc) is 3.11. The van der Waals surface area contributed by atoms with E-state index in [0.717, 1.165) is 36.9 Å². The number of anilines is 1. The summed E-state index contributed by atoms with van der Waals surface area (Å²) >= 11 is 1.47. The number of hydrogen-bond donors (Lipinski definition) is 1. The summed E-state index contributed by atoms with van der Waals surface area (Å²) in [5.74, 6) is 0.293. The molecule has 1 amide bonds. The molecule has 0 spiro atoms. The van der Waals surface area contributed by atoms with Crippen LogP contribution in [0.3, 0.4) is 0 Å². The van der Waals surface area contributed by atoms with E-state index >= 15 is 0 Å². The number of aromatic nitrogens is 2. The third kappa shape index (κ3) is 2.81. The molecule has 2 heterocycles. The highest BCUT2D eigenvalue weighted by atomic mass is 32.1. The van der Waals surface area contributed by atoms with Gasteiger partial charge < -0.3 is 5.32 Å². The summed E-state index contributed by atoms with van der Waals surface area (Å²) in [5, 5.41) is 5.57. The van der Waals surface area contributed by atoms with Gasteiger partial charge in [0.05, 0.1) is 5.69 Å². The molecule has 2 aromatic heterocycles. The number of carbonyl (C=O) groups excluding carboxylic acids is 1.